The zero-order chi connectivity index (χ0) is 28.2. The van der Waals surface area contributed by atoms with Gasteiger partial charge in [-0.1, -0.05) is 35.1 Å². The fourth-order valence-electron chi connectivity index (χ4n) is 5.67. The Morgan fingerprint density at radius 1 is 1.18 bits per heavy atom. The highest BCUT2D eigenvalue weighted by atomic mass is 32.2. The summed E-state index contributed by atoms with van der Waals surface area (Å²) in [5, 5.41) is 2.99. The van der Waals surface area contributed by atoms with Gasteiger partial charge in [-0.2, -0.15) is 8.42 Å². The minimum atomic E-state index is -3.16. The number of benzene rings is 1. The summed E-state index contributed by atoms with van der Waals surface area (Å²) in [6, 6.07) is 7.19. The number of hydrogen-bond donors (Lipinski definition) is 2. The number of fused-ring (bicyclic) bond motifs is 2. The SMILES string of the molecule is COc1cccc(C23CC2C=CCCCCCC(OC(N)=O)C(=O)N2CCCC2(C(=O)N=S(=O)=O)C(=O)N3)c1. The average molecular weight is 561 g/mol. The molecule has 1 saturated carbocycles. The number of nitrogens with one attached hydrogen (secondary N) is 1. The molecule has 1 aromatic carbocycles. The molecular weight excluding hydrogens is 528 g/mol. The lowest BCUT2D eigenvalue weighted by Gasteiger charge is -2.37. The fraction of sp³-hybridized carbons (Fsp3) is 0.538. The molecule has 2 aliphatic heterocycles. The van der Waals surface area contributed by atoms with E-state index in [0.29, 0.717) is 18.6 Å². The number of carbonyl (C=O) groups excluding carboxylic acids is 4. The monoisotopic (exact) mass is 560 g/mol. The van der Waals surface area contributed by atoms with Gasteiger partial charge in [-0.3, -0.25) is 14.4 Å². The standard InChI is InChI=1S/C26H32N4O8S/c1-37-19-11-7-10-17(15-19)25-16-18(25)9-5-3-2-4-6-12-20(38-24(27)34)21(31)30-14-8-13-26(30,22(32)28-25)23(33)29-39(35)36/h5,7,9-11,15,18,20H,2-4,6,8,12-14,16H2,1H3,(H2,27,34)(H,28,32). The van der Waals surface area contributed by atoms with Gasteiger partial charge in [0.15, 0.2) is 6.10 Å². The van der Waals surface area contributed by atoms with Crippen LogP contribution < -0.4 is 15.8 Å². The summed E-state index contributed by atoms with van der Waals surface area (Å²) < 4.78 is 36.5. The molecule has 0 radical (unpaired) electrons. The molecule has 4 atom stereocenters. The molecule has 4 rings (SSSR count). The number of allylic oxidation sites excluding steroid dienone is 1. The van der Waals surface area contributed by atoms with Crippen molar-refractivity contribution in [3.63, 3.8) is 0 Å². The van der Waals surface area contributed by atoms with E-state index < -0.39 is 51.5 Å². The smallest absolute Gasteiger partial charge is 0.405 e. The largest absolute Gasteiger partial charge is 0.497 e. The second-order valence-electron chi connectivity index (χ2n) is 10.0. The molecule has 1 aliphatic carbocycles. The summed E-state index contributed by atoms with van der Waals surface area (Å²) in [5.41, 5.74) is 2.82. The van der Waals surface area contributed by atoms with Gasteiger partial charge in [-0.25, -0.2) is 4.79 Å². The third-order valence-corrected chi connectivity index (χ3v) is 8.02. The zero-order valence-electron chi connectivity index (χ0n) is 21.6. The summed E-state index contributed by atoms with van der Waals surface area (Å²) in [5.74, 6) is -2.45. The van der Waals surface area contributed by atoms with E-state index in [1.165, 1.54) is 7.11 Å². The maximum absolute atomic E-state index is 14.1. The Balaban J connectivity index is 1.82. The molecule has 12 nitrogen and oxygen atoms in total. The van der Waals surface area contributed by atoms with Gasteiger partial charge in [-0.05, 0) is 62.6 Å². The van der Waals surface area contributed by atoms with Crippen LogP contribution in [0.2, 0.25) is 0 Å². The van der Waals surface area contributed by atoms with E-state index in [1.807, 2.05) is 18.2 Å². The molecular formula is C26H32N4O8S. The second kappa shape index (κ2) is 11.6. The van der Waals surface area contributed by atoms with E-state index in [2.05, 4.69) is 9.68 Å². The van der Waals surface area contributed by atoms with Gasteiger partial charge in [0.25, 0.3) is 17.7 Å². The lowest BCUT2D eigenvalue weighted by atomic mass is 9.91. The van der Waals surface area contributed by atoms with Gasteiger partial charge < -0.3 is 25.4 Å². The van der Waals surface area contributed by atoms with Crippen molar-refractivity contribution >= 4 is 34.3 Å². The Bertz CT molecular complexity index is 1320. The predicted molar refractivity (Wildman–Crippen MR) is 138 cm³/mol. The van der Waals surface area contributed by atoms with Crippen molar-refractivity contribution in [2.24, 2.45) is 16.0 Å². The van der Waals surface area contributed by atoms with Gasteiger partial charge in [-0.15, -0.1) is 0 Å². The Morgan fingerprint density at radius 3 is 2.69 bits per heavy atom. The molecule has 3 N–H and O–H groups in total. The highest BCUT2D eigenvalue weighted by Crippen LogP contribution is 2.54. The van der Waals surface area contributed by atoms with E-state index >= 15 is 0 Å². The average Bonchev–Trinajstić information content (AvgIpc) is 3.39. The number of amides is 4. The molecule has 0 bridgehead atoms. The molecule has 2 heterocycles. The maximum Gasteiger partial charge on any atom is 0.405 e. The molecule has 39 heavy (non-hydrogen) atoms. The first kappa shape index (κ1) is 28.3. The summed E-state index contributed by atoms with van der Waals surface area (Å²) in [6.45, 7) is -0.0346. The number of primary amides is 1. The first-order valence-corrected chi connectivity index (χ1v) is 13.9. The van der Waals surface area contributed by atoms with E-state index in [4.69, 9.17) is 15.2 Å². The third-order valence-electron chi connectivity index (χ3n) is 7.71. The highest BCUT2D eigenvalue weighted by Gasteiger charge is 2.62. The Labute approximate surface area is 227 Å². The Morgan fingerprint density at radius 2 is 1.97 bits per heavy atom. The molecule has 0 spiro atoms. The van der Waals surface area contributed by atoms with Crippen molar-refractivity contribution in [2.45, 2.75) is 68.5 Å². The molecule has 1 aromatic rings. The van der Waals surface area contributed by atoms with Crippen LogP contribution in [0.25, 0.3) is 0 Å². The summed E-state index contributed by atoms with van der Waals surface area (Å²) in [4.78, 5) is 53.8. The number of hydrogen-bond acceptors (Lipinski definition) is 8. The predicted octanol–water partition coefficient (Wildman–Crippen LogP) is 1.96. The third kappa shape index (κ3) is 5.68. The normalized spacial score (nSPS) is 29.1. The molecule has 4 unspecified atom stereocenters. The van der Waals surface area contributed by atoms with Gasteiger partial charge in [0.05, 0.1) is 12.6 Å². The van der Waals surface area contributed by atoms with Crippen LogP contribution in [0.1, 0.15) is 56.9 Å². The highest BCUT2D eigenvalue weighted by molar-refractivity contribution is 7.62. The molecule has 1 saturated heterocycles. The second-order valence-corrected chi connectivity index (χ2v) is 10.6. The van der Waals surface area contributed by atoms with Crippen LogP contribution in [0.4, 0.5) is 4.79 Å². The first-order chi connectivity index (χ1) is 18.6. The number of methoxy groups -OCH3 is 1. The van der Waals surface area contributed by atoms with E-state index in [-0.39, 0.29) is 31.7 Å². The van der Waals surface area contributed by atoms with Gasteiger partial charge in [0, 0.05) is 12.5 Å². The molecule has 3 aliphatic rings. The number of ether oxygens (including phenoxy) is 2. The first-order valence-electron chi connectivity index (χ1n) is 12.9. The molecule has 2 fully saturated rings. The lowest BCUT2D eigenvalue weighted by molar-refractivity contribution is -0.157. The van der Waals surface area contributed by atoms with Gasteiger partial charge in [0.1, 0.15) is 5.75 Å². The summed E-state index contributed by atoms with van der Waals surface area (Å²) >= 11 is 0. The molecule has 0 aromatic heterocycles. The maximum atomic E-state index is 14.1. The fourth-order valence-corrected chi connectivity index (χ4v) is 5.95. The molecule has 210 valence electrons. The van der Waals surface area contributed by atoms with Crippen LogP contribution in [0.15, 0.2) is 40.8 Å². The summed E-state index contributed by atoms with van der Waals surface area (Å²) in [6.07, 6.45) is 5.19. The number of nitrogens with zero attached hydrogens (tertiary/aromatic N) is 2. The van der Waals surface area contributed by atoms with Crippen molar-refractivity contribution in [3.8, 4) is 5.75 Å². The van der Waals surface area contributed by atoms with E-state index in [0.717, 1.165) is 29.7 Å². The minimum absolute atomic E-state index is 0.0346. The Hall–Kier alpha value is -3.74. The van der Waals surface area contributed by atoms with Crippen LogP contribution in [-0.2, 0) is 35.2 Å². The lowest BCUT2D eigenvalue weighted by Crippen LogP contribution is -2.64. The summed E-state index contributed by atoms with van der Waals surface area (Å²) in [7, 11) is -1.63. The quantitative estimate of drug-likeness (QED) is 0.415. The van der Waals surface area contributed by atoms with Crippen LogP contribution >= 0.6 is 0 Å². The van der Waals surface area contributed by atoms with Crippen molar-refractivity contribution in [2.75, 3.05) is 13.7 Å². The Kier molecular flexibility index (Phi) is 8.38. The number of carbonyl (C=O) groups is 4. The van der Waals surface area contributed by atoms with Crippen LogP contribution in [-0.4, -0.2) is 62.4 Å². The van der Waals surface area contributed by atoms with Crippen LogP contribution in [0, 0.1) is 5.92 Å². The topological polar surface area (TPSA) is 175 Å². The van der Waals surface area contributed by atoms with E-state index in [1.54, 1.807) is 18.2 Å². The molecule has 13 heteroatoms. The van der Waals surface area contributed by atoms with Crippen molar-refractivity contribution in [3.05, 3.63) is 42.0 Å². The van der Waals surface area contributed by atoms with Gasteiger partial charge >= 0.3 is 16.6 Å². The van der Waals surface area contributed by atoms with Gasteiger partial charge in [0.2, 0.25) is 5.54 Å². The van der Waals surface area contributed by atoms with E-state index in [9.17, 15) is 27.6 Å². The van der Waals surface area contributed by atoms with Crippen molar-refractivity contribution in [1.29, 1.82) is 0 Å². The zero-order valence-corrected chi connectivity index (χ0v) is 22.4. The minimum Gasteiger partial charge on any atom is -0.497 e. The molecule has 4 amide bonds. The number of nitrogens with two attached hydrogens (primary N) is 1. The van der Waals surface area contributed by atoms with Crippen LogP contribution in [0.5, 0.6) is 5.75 Å². The van der Waals surface area contributed by atoms with Crippen LogP contribution in [0.3, 0.4) is 0 Å². The number of rotatable bonds is 4. The van der Waals surface area contributed by atoms with Crippen molar-refractivity contribution in [1.82, 2.24) is 10.2 Å². The van der Waals surface area contributed by atoms with Crippen molar-refractivity contribution < 1.29 is 37.1 Å².